The lowest BCUT2D eigenvalue weighted by atomic mass is 10.1. The van der Waals surface area contributed by atoms with Crippen molar-refractivity contribution in [1.29, 1.82) is 0 Å². The maximum Gasteiger partial charge on any atom is 0.264 e. The predicted octanol–water partition coefficient (Wildman–Crippen LogP) is 5.86. The smallest absolute Gasteiger partial charge is 0.264 e. The Morgan fingerprint density at radius 1 is 0.897 bits per heavy atom. The van der Waals surface area contributed by atoms with Crippen molar-refractivity contribution in [2.45, 2.75) is 18.4 Å². The number of hydrogen-bond donors (Lipinski definition) is 1. The zero-order valence-electron chi connectivity index (χ0n) is 21.6. The van der Waals surface area contributed by atoms with Gasteiger partial charge in [-0.05, 0) is 61.0 Å². The fourth-order valence-electron chi connectivity index (χ4n) is 3.90. The van der Waals surface area contributed by atoms with E-state index in [1.807, 2.05) is 19.1 Å². The van der Waals surface area contributed by atoms with Crippen LogP contribution in [0, 0.1) is 6.92 Å². The number of amides is 1. The number of sulfonamides is 1. The topological polar surface area (TPSA) is 84.9 Å². The number of carbonyl (C=O) groups excluding carboxylic acids is 1. The zero-order valence-corrected chi connectivity index (χ0v) is 23.2. The summed E-state index contributed by atoms with van der Waals surface area (Å²) < 4.78 is 40.0. The lowest BCUT2D eigenvalue weighted by Gasteiger charge is -2.27. The molecule has 4 aromatic rings. The molecule has 0 saturated heterocycles. The van der Waals surface area contributed by atoms with Crippen LogP contribution < -0.4 is 19.1 Å². The van der Waals surface area contributed by atoms with Gasteiger partial charge in [-0.2, -0.15) is 0 Å². The third-order valence-electron chi connectivity index (χ3n) is 5.96. The van der Waals surface area contributed by atoms with Crippen molar-refractivity contribution in [3.63, 3.8) is 0 Å². The van der Waals surface area contributed by atoms with Gasteiger partial charge in [0.2, 0.25) is 0 Å². The largest absolute Gasteiger partial charge is 0.497 e. The number of nitrogens with one attached hydrogen (secondary N) is 1. The summed E-state index contributed by atoms with van der Waals surface area (Å²) in [5.41, 5.74) is 2.15. The maximum absolute atomic E-state index is 13.9. The molecule has 202 valence electrons. The van der Waals surface area contributed by atoms with Crippen LogP contribution in [0.1, 0.15) is 21.5 Å². The molecule has 0 spiro atoms. The number of aryl methyl sites for hydroxylation is 1. The van der Waals surface area contributed by atoms with E-state index in [1.165, 1.54) is 4.31 Å². The van der Waals surface area contributed by atoms with E-state index in [0.29, 0.717) is 16.5 Å². The molecule has 1 amide bonds. The summed E-state index contributed by atoms with van der Waals surface area (Å²) in [7, 11) is -2.44. The summed E-state index contributed by atoms with van der Waals surface area (Å²) in [6.45, 7) is 2.33. The zero-order chi connectivity index (χ0) is 27.8. The van der Waals surface area contributed by atoms with E-state index in [0.717, 1.165) is 11.1 Å². The molecular weight excluding hydrogens is 536 g/mol. The first-order valence-corrected chi connectivity index (χ1v) is 14.1. The van der Waals surface area contributed by atoms with Crippen LogP contribution in [0.4, 0.5) is 5.69 Å². The van der Waals surface area contributed by atoms with E-state index in [9.17, 15) is 13.2 Å². The van der Waals surface area contributed by atoms with Crippen LogP contribution >= 0.6 is 11.6 Å². The molecule has 9 heteroatoms. The highest BCUT2D eigenvalue weighted by molar-refractivity contribution is 7.92. The molecule has 0 aliphatic carbocycles. The normalized spacial score (nSPS) is 11.1. The summed E-state index contributed by atoms with van der Waals surface area (Å²) in [5, 5.41) is 3.37. The molecule has 4 aromatic carbocycles. The van der Waals surface area contributed by atoms with Crippen molar-refractivity contribution < 1.29 is 22.7 Å². The van der Waals surface area contributed by atoms with Gasteiger partial charge in [0.05, 0.1) is 36.3 Å². The molecule has 0 aliphatic heterocycles. The first-order valence-electron chi connectivity index (χ1n) is 12.3. The Kier molecular flexibility index (Phi) is 9.11. The van der Waals surface area contributed by atoms with Crippen LogP contribution in [0.15, 0.2) is 102 Å². The standard InChI is InChI=1S/C30H29ClN2O5S/c1-22-10-16-27(17-11-22)39(35,36)33(21-23-12-14-24(31)15-13-23)29-9-4-3-8-28(29)30(34)32-18-19-38-26-7-5-6-25(20-26)37-2/h3-17,20H,18-19,21H2,1-2H3,(H,32,34). The Morgan fingerprint density at radius 2 is 1.59 bits per heavy atom. The molecule has 39 heavy (non-hydrogen) atoms. The minimum Gasteiger partial charge on any atom is -0.497 e. The number of anilines is 1. The molecule has 0 aliphatic rings. The van der Waals surface area contributed by atoms with Crippen molar-refractivity contribution in [2.24, 2.45) is 0 Å². The fraction of sp³-hybridized carbons (Fsp3) is 0.167. The number of methoxy groups -OCH3 is 1. The summed E-state index contributed by atoms with van der Waals surface area (Å²) >= 11 is 6.05. The first kappa shape index (κ1) is 28.0. The molecule has 0 radical (unpaired) electrons. The molecule has 0 fully saturated rings. The summed E-state index contributed by atoms with van der Waals surface area (Å²) in [4.78, 5) is 13.4. The number of ether oxygens (including phenoxy) is 2. The SMILES string of the molecule is COc1cccc(OCCNC(=O)c2ccccc2N(Cc2ccc(Cl)cc2)S(=O)(=O)c2ccc(C)cc2)c1. The van der Waals surface area contributed by atoms with Crippen LogP contribution in [0.3, 0.4) is 0 Å². The fourth-order valence-corrected chi connectivity index (χ4v) is 5.49. The lowest BCUT2D eigenvalue weighted by molar-refractivity contribution is 0.0947. The summed E-state index contributed by atoms with van der Waals surface area (Å²) in [5.74, 6) is 0.864. The van der Waals surface area contributed by atoms with Crippen molar-refractivity contribution in [2.75, 3.05) is 24.6 Å². The Bertz CT molecular complexity index is 1520. The van der Waals surface area contributed by atoms with Gasteiger partial charge >= 0.3 is 0 Å². The Balaban J connectivity index is 1.59. The second kappa shape index (κ2) is 12.7. The third-order valence-corrected chi connectivity index (χ3v) is 7.99. The first-order chi connectivity index (χ1) is 18.8. The second-order valence-corrected chi connectivity index (χ2v) is 11.1. The predicted molar refractivity (Wildman–Crippen MR) is 153 cm³/mol. The average Bonchev–Trinajstić information content (AvgIpc) is 2.95. The molecule has 0 bridgehead atoms. The molecule has 0 atom stereocenters. The van der Waals surface area contributed by atoms with Crippen LogP contribution in [0.25, 0.3) is 0 Å². The van der Waals surface area contributed by atoms with Gasteiger partial charge < -0.3 is 14.8 Å². The summed E-state index contributed by atoms with van der Waals surface area (Å²) in [6, 6.07) is 27.4. The number of para-hydroxylation sites is 1. The molecule has 0 unspecified atom stereocenters. The minimum atomic E-state index is -4.02. The van der Waals surface area contributed by atoms with Gasteiger partial charge in [0.1, 0.15) is 18.1 Å². The highest BCUT2D eigenvalue weighted by Gasteiger charge is 2.28. The number of rotatable bonds is 11. The van der Waals surface area contributed by atoms with Crippen molar-refractivity contribution in [3.8, 4) is 11.5 Å². The monoisotopic (exact) mass is 564 g/mol. The number of nitrogens with zero attached hydrogens (tertiary/aromatic N) is 1. The Hall–Kier alpha value is -4.01. The van der Waals surface area contributed by atoms with Gasteiger partial charge in [0.15, 0.2) is 0 Å². The van der Waals surface area contributed by atoms with E-state index in [4.69, 9.17) is 21.1 Å². The Labute approximate surface area is 234 Å². The van der Waals surface area contributed by atoms with E-state index < -0.39 is 15.9 Å². The van der Waals surface area contributed by atoms with E-state index in [1.54, 1.807) is 92.0 Å². The van der Waals surface area contributed by atoms with Gasteiger partial charge in [-0.25, -0.2) is 8.42 Å². The number of halogens is 1. The van der Waals surface area contributed by atoms with Gasteiger partial charge in [-0.15, -0.1) is 0 Å². The minimum absolute atomic E-state index is 0.0105. The molecule has 4 rings (SSSR count). The van der Waals surface area contributed by atoms with Gasteiger partial charge in [0.25, 0.3) is 15.9 Å². The summed E-state index contributed by atoms with van der Waals surface area (Å²) in [6.07, 6.45) is 0. The second-order valence-electron chi connectivity index (χ2n) is 8.75. The van der Waals surface area contributed by atoms with Crippen molar-refractivity contribution >= 4 is 33.2 Å². The van der Waals surface area contributed by atoms with Crippen LogP contribution in [-0.4, -0.2) is 34.6 Å². The quantitative estimate of drug-likeness (QED) is 0.231. The molecule has 1 N–H and O–H groups in total. The van der Waals surface area contributed by atoms with Gasteiger partial charge in [0, 0.05) is 11.1 Å². The molecule has 0 saturated carbocycles. The van der Waals surface area contributed by atoms with E-state index in [2.05, 4.69) is 5.32 Å². The van der Waals surface area contributed by atoms with Gasteiger partial charge in [-0.1, -0.05) is 59.6 Å². The van der Waals surface area contributed by atoms with E-state index in [-0.39, 0.29) is 35.8 Å². The molecule has 0 heterocycles. The average molecular weight is 565 g/mol. The molecule has 7 nitrogen and oxygen atoms in total. The third kappa shape index (κ3) is 7.10. The molecular formula is C30H29ClN2O5S. The number of carbonyl (C=O) groups is 1. The van der Waals surface area contributed by atoms with Crippen LogP contribution in [0.2, 0.25) is 5.02 Å². The van der Waals surface area contributed by atoms with Gasteiger partial charge in [-0.3, -0.25) is 9.10 Å². The molecule has 0 aromatic heterocycles. The van der Waals surface area contributed by atoms with Crippen LogP contribution in [0.5, 0.6) is 11.5 Å². The highest BCUT2D eigenvalue weighted by Crippen LogP contribution is 2.30. The lowest BCUT2D eigenvalue weighted by Crippen LogP contribution is -2.34. The number of benzene rings is 4. The highest BCUT2D eigenvalue weighted by atomic mass is 35.5. The Morgan fingerprint density at radius 3 is 2.31 bits per heavy atom. The van der Waals surface area contributed by atoms with Crippen LogP contribution in [-0.2, 0) is 16.6 Å². The van der Waals surface area contributed by atoms with Crippen molar-refractivity contribution in [1.82, 2.24) is 5.32 Å². The number of hydrogen-bond acceptors (Lipinski definition) is 5. The maximum atomic E-state index is 13.9. The van der Waals surface area contributed by atoms with Crippen molar-refractivity contribution in [3.05, 3.63) is 119 Å². The van der Waals surface area contributed by atoms with E-state index >= 15 is 0 Å².